The van der Waals surface area contributed by atoms with E-state index in [2.05, 4.69) is 0 Å². The molecule has 0 heterocycles. The maximum atomic E-state index is 12.5. The summed E-state index contributed by atoms with van der Waals surface area (Å²) in [5.74, 6) is -1.52. The van der Waals surface area contributed by atoms with Gasteiger partial charge in [-0.15, -0.1) is 0 Å². The Morgan fingerprint density at radius 1 is 1.29 bits per heavy atom. The quantitative estimate of drug-likeness (QED) is 0.765. The first-order chi connectivity index (χ1) is 9.69. The van der Waals surface area contributed by atoms with Crippen LogP contribution in [0.15, 0.2) is 23.8 Å². The molecular weight excluding hydrogens is 268 g/mol. The van der Waals surface area contributed by atoms with Crippen LogP contribution in [0.2, 0.25) is 0 Å². The SMILES string of the molecule is CC1=CC=CC(C(=O)OCC(C)C)C1(O)C(=O)CC(C)C. The summed E-state index contributed by atoms with van der Waals surface area (Å²) in [6, 6.07) is 0. The van der Waals surface area contributed by atoms with Gasteiger partial charge >= 0.3 is 5.97 Å². The fourth-order valence-corrected chi connectivity index (χ4v) is 2.33. The van der Waals surface area contributed by atoms with Gasteiger partial charge in [-0.25, -0.2) is 0 Å². The van der Waals surface area contributed by atoms with Gasteiger partial charge in [-0.1, -0.05) is 45.9 Å². The normalized spacial score (nSPS) is 25.1. The van der Waals surface area contributed by atoms with Crippen molar-refractivity contribution in [2.75, 3.05) is 6.61 Å². The second kappa shape index (κ2) is 7.03. The molecule has 1 rings (SSSR count). The number of rotatable bonds is 6. The Morgan fingerprint density at radius 2 is 1.90 bits per heavy atom. The van der Waals surface area contributed by atoms with E-state index in [-0.39, 0.29) is 30.6 Å². The van der Waals surface area contributed by atoms with Crippen molar-refractivity contribution in [3.05, 3.63) is 23.8 Å². The van der Waals surface area contributed by atoms with Crippen molar-refractivity contribution in [3.63, 3.8) is 0 Å². The second-order valence-electron chi connectivity index (χ2n) is 6.52. The number of allylic oxidation sites excluding steroid dienone is 2. The van der Waals surface area contributed by atoms with Crippen LogP contribution in [0.3, 0.4) is 0 Å². The van der Waals surface area contributed by atoms with E-state index in [1.807, 2.05) is 27.7 Å². The summed E-state index contributed by atoms with van der Waals surface area (Å²) in [5.41, 5.74) is -1.30. The molecule has 0 saturated carbocycles. The Kier molecular flexibility index (Phi) is 5.90. The largest absolute Gasteiger partial charge is 0.465 e. The summed E-state index contributed by atoms with van der Waals surface area (Å²) in [7, 11) is 0. The van der Waals surface area contributed by atoms with Crippen molar-refractivity contribution in [2.24, 2.45) is 17.8 Å². The van der Waals surface area contributed by atoms with Crippen LogP contribution in [0.25, 0.3) is 0 Å². The molecule has 118 valence electrons. The molecule has 0 aliphatic heterocycles. The van der Waals surface area contributed by atoms with E-state index in [9.17, 15) is 14.7 Å². The minimum Gasteiger partial charge on any atom is -0.465 e. The summed E-state index contributed by atoms with van der Waals surface area (Å²) in [6.07, 6.45) is 5.13. The molecule has 1 N–H and O–H groups in total. The molecule has 4 nitrogen and oxygen atoms in total. The molecule has 0 bridgehead atoms. The third-order valence-corrected chi connectivity index (χ3v) is 3.53. The fourth-order valence-electron chi connectivity index (χ4n) is 2.33. The number of hydrogen-bond acceptors (Lipinski definition) is 4. The molecule has 2 atom stereocenters. The van der Waals surface area contributed by atoms with Gasteiger partial charge in [0.25, 0.3) is 0 Å². The zero-order chi connectivity index (χ0) is 16.2. The van der Waals surface area contributed by atoms with Crippen LogP contribution in [-0.4, -0.2) is 29.1 Å². The van der Waals surface area contributed by atoms with Crippen LogP contribution in [0, 0.1) is 17.8 Å². The van der Waals surface area contributed by atoms with Gasteiger partial charge in [0, 0.05) is 6.42 Å². The Balaban J connectivity index is 3.00. The zero-order valence-electron chi connectivity index (χ0n) is 13.6. The predicted octanol–water partition coefficient (Wildman–Crippen LogP) is 2.66. The van der Waals surface area contributed by atoms with Crippen LogP contribution >= 0.6 is 0 Å². The molecule has 1 aliphatic rings. The van der Waals surface area contributed by atoms with Crippen molar-refractivity contribution in [2.45, 2.75) is 46.6 Å². The second-order valence-corrected chi connectivity index (χ2v) is 6.52. The first-order valence-electron chi connectivity index (χ1n) is 7.47. The number of ether oxygens (including phenoxy) is 1. The molecule has 0 spiro atoms. The minimum atomic E-state index is -1.78. The fraction of sp³-hybridized carbons (Fsp3) is 0.647. The Bertz CT molecular complexity index is 459. The van der Waals surface area contributed by atoms with Gasteiger partial charge in [-0.3, -0.25) is 9.59 Å². The molecule has 0 radical (unpaired) electrons. The number of carbonyl (C=O) groups is 2. The lowest BCUT2D eigenvalue weighted by atomic mass is 9.73. The lowest BCUT2D eigenvalue weighted by molar-refractivity contribution is -0.160. The van der Waals surface area contributed by atoms with Crippen molar-refractivity contribution in [3.8, 4) is 0 Å². The highest BCUT2D eigenvalue weighted by atomic mass is 16.5. The minimum absolute atomic E-state index is 0.118. The van der Waals surface area contributed by atoms with E-state index in [4.69, 9.17) is 4.74 Å². The van der Waals surface area contributed by atoms with Crippen LogP contribution in [-0.2, 0) is 14.3 Å². The maximum Gasteiger partial charge on any atom is 0.316 e. The van der Waals surface area contributed by atoms with Gasteiger partial charge in [0.05, 0.1) is 6.61 Å². The topological polar surface area (TPSA) is 63.6 Å². The summed E-state index contributed by atoms with van der Waals surface area (Å²) in [6.45, 7) is 9.64. The Morgan fingerprint density at radius 3 is 2.43 bits per heavy atom. The lowest BCUT2D eigenvalue weighted by Crippen LogP contribution is -2.51. The van der Waals surface area contributed by atoms with Gasteiger partial charge < -0.3 is 9.84 Å². The first kappa shape index (κ1) is 17.6. The number of hydrogen-bond donors (Lipinski definition) is 1. The number of esters is 1. The average Bonchev–Trinajstić information content (AvgIpc) is 2.38. The number of ketones is 1. The molecule has 0 fully saturated rings. The molecule has 1 aliphatic carbocycles. The van der Waals surface area contributed by atoms with Crippen LogP contribution in [0.1, 0.15) is 41.0 Å². The highest BCUT2D eigenvalue weighted by Gasteiger charge is 2.49. The van der Waals surface area contributed by atoms with Gasteiger partial charge in [-0.2, -0.15) is 0 Å². The smallest absolute Gasteiger partial charge is 0.316 e. The summed E-state index contributed by atoms with van der Waals surface area (Å²) >= 11 is 0. The Labute approximate surface area is 126 Å². The summed E-state index contributed by atoms with van der Waals surface area (Å²) in [5, 5.41) is 10.9. The van der Waals surface area contributed by atoms with E-state index in [0.29, 0.717) is 5.57 Å². The number of Topliss-reactive ketones (excluding diaryl/α,β-unsaturated/α-hetero) is 1. The van der Waals surface area contributed by atoms with E-state index < -0.39 is 17.5 Å². The van der Waals surface area contributed by atoms with E-state index in [1.165, 1.54) is 0 Å². The van der Waals surface area contributed by atoms with Crippen molar-refractivity contribution in [1.29, 1.82) is 0 Å². The van der Waals surface area contributed by atoms with Crippen molar-refractivity contribution < 1.29 is 19.4 Å². The van der Waals surface area contributed by atoms with Gasteiger partial charge in [0.15, 0.2) is 11.4 Å². The molecule has 0 aromatic carbocycles. The molecule has 21 heavy (non-hydrogen) atoms. The molecule has 0 aromatic rings. The highest BCUT2D eigenvalue weighted by molar-refractivity contribution is 5.97. The van der Waals surface area contributed by atoms with E-state index in [0.717, 1.165) is 0 Å². The standard InChI is InChI=1S/C17H26O4/c1-11(2)9-15(18)17(20)13(5)7-6-8-14(17)16(19)21-10-12(3)4/h6-8,11-12,14,20H,9-10H2,1-5H3. The van der Waals surface area contributed by atoms with Crippen molar-refractivity contribution >= 4 is 11.8 Å². The molecular formula is C17H26O4. The summed E-state index contributed by atoms with van der Waals surface area (Å²) in [4.78, 5) is 24.7. The third kappa shape index (κ3) is 4.03. The molecule has 0 saturated heterocycles. The highest BCUT2D eigenvalue weighted by Crippen LogP contribution is 2.34. The molecule has 4 heteroatoms. The average molecular weight is 294 g/mol. The van der Waals surface area contributed by atoms with Gasteiger partial charge in [0.2, 0.25) is 0 Å². The van der Waals surface area contributed by atoms with Crippen LogP contribution in [0.4, 0.5) is 0 Å². The Hall–Kier alpha value is -1.42. The van der Waals surface area contributed by atoms with Gasteiger partial charge in [-0.05, 0) is 24.3 Å². The molecule has 0 amide bonds. The monoisotopic (exact) mass is 294 g/mol. The van der Waals surface area contributed by atoms with Crippen LogP contribution < -0.4 is 0 Å². The number of carbonyl (C=O) groups excluding carboxylic acids is 2. The first-order valence-corrected chi connectivity index (χ1v) is 7.47. The molecule has 2 unspecified atom stereocenters. The van der Waals surface area contributed by atoms with E-state index >= 15 is 0 Å². The summed E-state index contributed by atoms with van der Waals surface area (Å²) < 4.78 is 5.21. The van der Waals surface area contributed by atoms with Crippen LogP contribution in [0.5, 0.6) is 0 Å². The van der Waals surface area contributed by atoms with Gasteiger partial charge in [0.1, 0.15) is 5.92 Å². The van der Waals surface area contributed by atoms with E-state index in [1.54, 1.807) is 25.2 Å². The molecule has 0 aromatic heterocycles. The maximum absolute atomic E-state index is 12.5. The lowest BCUT2D eigenvalue weighted by Gasteiger charge is -2.35. The predicted molar refractivity (Wildman–Crippen MR) is 81.6 cm³/mol. The van der Waals surface area contributed by atoms with Crippen molar-refractivity contribution in [1.82, 2.24) is 0 Å². The zero-order valence-corrected chi connectivity index (χ0v) is 13.6. The number of aliphatic hydroxyl groups is 1. The third-order valence-electron chi connectivity index (χ3n) is 3.53.